The molecule has 0 N–H and O–H groups in total. The maximum atomic E-state index is 8.54. The van der Waals surface area contributed by atoms with Crippen molar-refractivity contribution in [3.05, 3.63) is 59.7 Å². The third-order valence-electron chi connectivity index (χ3n) is 7.87. The molecule has 0 saturated heterocycles. The molecule has 0 aliphatic heterocycles. The van der Waals surface area contributed by atoms with Gasteiger partial charge in [-0.1, -0.05) is 81.5 Å². The van der Waals surface area contributed by atoms with E-state index >= 15 is 0 Å². The van der Waals surface area contributed by atoms with Gasteiger partial charge in [-0.25, -0.2) is 0 Å². The van der Waals surface area contributed by atoms with Gasteiger partial charge in [0.05, 0.1) is 6.07 Å². The SMILES string of the molecule is CCCc1ccc(C2CCC(CCCCC3CCC(/C=C/C=C/C#N)CC3)CC2)cc1. The summed E-state index contributed by atoms with van der Waals surface area (Å²) in [6.45, 7) is 2.26. The summed E-state index contributed by atoms with van der Waals surface area (Å²) in [6.07, 6.45) is 27.2. The molecular weight excluding hydrogens is 374 g/mol. The van der Waals surface area contributed by atoms with Gasteiger partial charge in [0.1, 0.15) is 0 Å². The summed E-state index contributed by atoms with van der Waals surface area (Å²) in [7, 11) is 0. The fraction of sp³-hybridized carbons (Fsp3) is 0.633. The number of rotatable bonds is 10. The molecule has 2 aliphatic carbocycles. The Morgan fingerprint density at radius 1 is 0.839 bits per heavy atom. The number of hydrogen-bond acceptors (Lipinski definition) is 1. The van der Waals surface area contributed by atoms with E-state index in [1.165, 1.54) is 95.5 Å². The summed E-state index contributed by atoms with van der Waals surface area (Å²) in [5.41, 5.74) is 3.09. The second kappa shape index (κ2) is 13.6. The minimum Gasteiger partial charge on any atom is -0.193 e. The van der Waals surface area contributed by atoms with Crippen LogP contribution in [0.5, 0.6) is 0 Å². The van der Waals surface area contributed by atoms with E-state index in [1.54, 1.807) is 11.6 Å². The summed E-state index contributed by atoms with van der Waals surface area (Å²) in [6, 6.07) is 11.6. The van der Waals surface area contributed by atoms with Crippen LogP contribution in [0.2, 0.25) is 0 Å². The highest BCUT2D eigenvalue weighted by atomic mass is 14.3. The molecule has 1 aromatic carbocycles. The van der Waals surface area contributed by atoms with Crippen molar-refractivity contribution in [2.45, 2.75) is 103 Å². The van der Waals surface area contributed by atoms with Gasteiger partial charge in [-0.15, -0.1) is 0 Å². The van der Waals surface area contributed by atoms with Crippen LogP contribution in [0.4, 0.5) is 0 Å². The van der Waals surface area contributed by atoms with Crippen LogP contribution < -0.4 is 0 Å². The Hall–Kier alpha value is -1.81. The average molecular weight is 418 g/mol. The largest absolute Gasteiger partial charge is 0.193 e. The first-order valence-corrected chi connectivity index (χ1v) is 13.1. The molecule has 1 heteroatoms. The van der Waals surface area contributed by atoms with Crippen molar-refractivity contribution < 1.29 is 0 Å². The molecule has 31 heavy (non-hydrogen) atoms. The average Bonchev–Trinajstić information content (AvgIpc) is 2.82. The topological polar surface area (TPSA) is 23.8 Å². The highest BCUT2D eigenvalue weighted by Crippen LogP contribution is 2.38. The van der Waals surface area contributed by atoms with Crippen LogP contribution in [0, 0.1) is 29.1 Å². The number of nitriles is 1. The Labute approximate surface area is 191 Å². The third-order valence-corrected chi connectivity index (χ3v) is 7.87. The molecule has 2 fully saturated rings. The van der Waals surface area contributed by atoms with Gasteiger partial charge in [0.2, 0.25) is 0 Å². The second-order valence-corrected chi connectivity index (χ2v) is 10.1. The van der Waals surface area contributed by atoms with E-state index in [-0.39, 0.29) is 0 Å². The lowest BCUT2D eigenvalue weighted by atomic mass is 9.76. The van der Waals surface area contributed by atoms with Crippen LogP contribution in [0.15, 0.2) is 48.6 Å². The van der Waals surface area contributed by atoms with Crippen LogP contribution in [-0.4, -0.2) is 0 Å². The van der Waals surface area contributed by atoms with E-state index in [4.69, 9.17) is 5.26 Å². The third kappa shape index (κ3) is 8.33. The van der Waals surface area contributed by atoms with Gasteiger partial charge in [-0.3, -0.25) is 0 Å². The van der Waals surface area contributed by atoms with E-state index in [0.29, 0.717) is 0 Å². The summed E-state index contributed by atoms with van der Waals surface area (Å²) < 4.78 is 0. The monoisotopic (exact) mass is 417 g/mol. The van der Waals surface area contributed by atoms with Crippen molar-refractivity contribution in [3.63, 3.8) is 0 Å². The van der Waals surface area contributed by atoms with Crippen LogP contribution in [0.3, 0.4) is 0 Å². The minimum absolute atomic E-state index is 0.734. The molecular formula is C30H43N. The highest BCUT2D eigenvalue weighted by molar-refractivity contribution is 5.26. The molecule has 0 bridgehead atoms. The normalized spacial score (nSPS) is 27.0. The predicted molar refractivity (Wildman–Crippen MR) is 133 cm³/mol. The van der Waals surface area contributed by atoms with E-state index in [2.05, 4.69) is 43.3 Å². The van der Waals surface area contributed by atoms with E-state index < -0.39 is 0 Å². The lowest BCUT2D eigenvalue weighted by molar-refractivity contribution is 0.273. The number of hydrogen-bond donors (Lipinski definition) is 0. The van der Waals surface area contributed by atoms with Crippen molar-refractivity contribution >= 4 is 0 Å². The van der Waals surface area contributed by atoms with Crippen molar-refractivity contribution in [1.29, 1.82) is 5.26 Å². The van der Waals surface area contributed by atoms with E-state index in [9.17, 15) is 0 Å². The molecule has 0 unspecified atom stereocenters. The van der Waals surface area contributed by atoms with Gasteiger partial charge in [-0.05, 0) is 92.6 Å². The van der Waals surface area contributed by atoms with Gasteiger partial charge >= 0.3 is 0 Å². The molecule has 2 saturated carbocycles. The smallest absolute Gasteiger partial charge is 0.0912 e. The predicted octanol–water partition coefficient (Wildman–Crippen LogP) is 8.92. The van der Waals surface area contributed by atoms with Crippen molar-refractivity contribution in [3.8, 4) is 6.07 Å². The first kappa shape index (κ1) is 23.8. The van der Waals surface area contributed by atoms with Crippen molar-refractivity contribution in [1.82, 2.24) is 0 Å². The van der Waals surface area contributed by atoms with Crippen molar-refractivity contribution in [2.24, 2.45) is 17.8 Å². The first-order chi connectivity index (χ1) is 15.3. The van der Waals surface area contributed by atoms with Crippen LogP contribution >= 0.6 is 0 Å². The van der Waals surface area contributed by atoms with Crippen LogP contribution in [-0.2, 0) is 6.42 Å². The van der Waals surface area contributed by atoms with E-state index in [0.717, 1.165) is 23.7 Å². The Bertz CT molecular complexity index is 704. The molecule has 3 rings (SSSR count). The minimum atomic E-state index is 0.734. The summed E-state index contributed by atoms with van der Waals surface area (Å²) >= 11 is 0. The van der Waals surface area contributed by atoms with Gasteiger partial charge < -0.3 is 0 Å². The summed E-state index contributed by atoms with van der Waals surface area (Å²) in [5, 5.41) is 8.54. The van der Waals surface area contributed by atoms with Gasteiger partial charge in [0.25, 0.3) is 0 Å². The number of allylic oxidation sites excluding steroid dienone is 4. The zero-order chi connectivity index (χ0) is 21.7. The molecule has 1 nitrogen and oxygen atoms in total. The number of nitrogens with zero attached hydrogens (tertiary/aromatic N) is 1. The van der Waals surface area contributed by atoms with E-state index in [1.807, 2.05) is 12.1 Å². The lowest BCUT2D eigenvalue weighted by Gasteiger charge is -2.29. The highest BCUT2D eigenvalue weighted by Gasteiger charge is 2.23. The van der Waals surface area contributed by atoms with Gasteiger partial charge in [-0.2, -0.15) is 5.26 Å². The molecule has 0 atom stereocenters. The quantitative estimate of drug-likeness (QED) is 0.212. The number of unbranched alkanes of at least 4 members (excludes halogenated alkanes) is 1. The summed E-state index contributed by atoms with van der Waals surface area (Å²) in [5.74, 6) is 3.49. The molecule has 1 aromatic rings. The number of aryl methyl sites for hydroxylation is 1. The molecule has 0 amide bonds. The fourth-order valence-corrected chi connectivity index (χ4v) is 5.88. The fourth-order valence-electron chi connectivity index (χ4n) is 5.88. The maximum Gasteiger partial charge on any atom is 0.0912 e. The molecule has 0 radical (unpaired) electrons. The zero-order valence-corrected chi connectivity index (χ0v) is 19.8. The Morgan fingerprint density at radius 2 is 1.45 bits per heavy atom. The van der Waals surface area contributed by atoms with Crippen LogP contribution in [0.1, 0.15) is 107 Å². The van der Waals surface area contributed by atoms with Crippen LogP contribution in [0.25, 0.3) is 0 Å². The molecule has 168 valence electrons. The molecule has 0 aromatic heterocycles. The zero-order valence-electron chi connectivity index (χ0n) is 19.8. The Morgan fingerprint density at radius 3 is 2.03 bits per heavy atom. The Kier molecular flexibility index (Phi) is 10.4. The van der Waals surface area contributed by atoms with Gasteiger partial charge in [0, 0.05) is 6.08 Å². The number of benzene rings is 1. The Balaban J connectivity index is 1.25. The summed E-state index contributed by atoms with van der Waals surface area (Å²) in [4.78, 5) is 0. The maximum absolute atomic E-state index is 8.54. The lowest BCUT2D eigenvalue weighted by Crippen LogP contribution is -2.14. The molecule has 0 heterocycles. The molecule has 0 spiro atoms. The molecule has 2 aliphatic rings. The second-order valence-electron chi connectivity index (χ2n) is 10.1. The standard InChI is InChI=1S/C30H43N/c1-2-8-25-16-20-29(21-17-25)30-22-18-28(19-23-30)11-6-5-10-27-14-12-26(13-15-27)9-4-3-7-24-31/h3-4,7,9,16-17,20-21,26-28,30H,2,5-6,8,10-15,18-19,22-23H2,1H3/b7-3+,9-4+. The van der Waals surface area contributed by atoms with Crippen molar-refractivity contribution in [2.75, 3.05) is 0 Å². The van der Waals surface area contributed by atoms with Gasteiger partial charge in [0.15, 0.2) is 0 Å². The first-order valence-electron chi connectivity index (χ1n) is 13.1.